The van der Waals surface area contributed by atoms with Gasteiger partial charge in [0.2, 0.25) is 5.91 Å². The van der Waals surface area contributed by atoms with Gasteiger partial charge in [0.1, 0.15) is 0 Å². The van der Waals surface area contributed by atoms with E-state index in [-0.39, 0.29) is 5.91 Å². The van der Waals surface area contributed by atoms with E-state index in [0.717, 1.165) is 45.2 Å². The summed E-state index contributed by atoms with van der Waals surface area (Å²) in [4.78, 5) is 22.9. The second kappa shape index (κ2) is 10.5. The minimum absolute atomic E-state index is 0.165. The zero-order chi connectivity index (χ0) is 18.1. The number of rotatable bonds is 7. The smallest absolute Gasteiger partial charge is 0.219 e. The lowest BCUT2D eigenvalue weighted by molar-refractivity contribution is -0.130. The zero-order valence-corrected chi connectivity index (χ0v) is 16.5. The summed E-state index contributed by atoms with van der Waals surface area (Å²) in [5.41, 5.74) is 0. The van der Waals surface area contributed by atoms with Crippen molar-refractivity contribution in [2.24, 2.45) is 10.9 Å². The highest BCUT2D eigenvalue weighted by molar-refractivity contribution is 5.80. The molecule has 0 aromatic rings. The number of nitrogens with one attached hydrogen (secondary N) is 1. The lowest BCUT2D eigenvalue weighted by atomic mass is 9.93. The molecule has 140 valence electrons. The number of amides is 1. The summed E-state index contributed by atoms with van der Waals surface area (Å²) in [5.74, 6) is 1.82. The number of hydrogen-bond acceptors (Lipinski definition) is 3. The Kier molecular flexibility index (Phi) is 9.11. The average Bonchev–Trinajstić information content (AvgIpc) is 2.57. The van der Waals surface area contributed by atoms with Crippen LogP contribution in [-0.4, -0.2) is 86.0 Å². The fraction of sp³-hybridized carbons (Fsp3) is 0.889. The van der Waals surface area contributed by atoms with Crippen LogP contribution in [0.1, 0.15) is 40.5 Å². The highest BCUT2D eigenvalue weighted by Gasteiger charge is 2.23. The molecular weight excluding hydrogens is 302 g/mol. The van der Waals surface area contributed by atoms with Crippen molar-refractivity contribution in [2.75, 3.05) is 53.4 Å². The van der Waals surface area contributed by atoms with Crippen molar-refractivity contribution in [1.82, 2.24) is 20.0 Å². The van der Waals surface area contributed by atoms with Crippen LogP contribution < -0.4 is 5.32 Å². The SMILES string of the molecule is CCNC(=NCC(C(CC)CC)N(C)C)N1CCN(C(C)=O)CC1. The van der Waals surface area contributed by atoms with Gasteiger partial charge in [-0.2, -0.15) is 0 Å². The lowest BCUT2D eigenvalue weighted by Gasteiger charge is -2.36. The third kappa shape index (κ3) is 5.96. The van der Waals surface area contributed by atoms with Crippen LogP contribution in [0.15, 0.2) is 4.99 Å². The number of carbonyl (C=O) groups excluding carboxylic acids is 1. The maximum absolute atomic E-state index is 11.5. The molecule has 0 saturated carbocycles. The van der Waals surface area contributed by atoms with Gasteiger partial charge in [-0.15, -0.1) is 0 Å². The van der Waals surface area contributed by atoms with Crippen molar-refractivity contribution >= 4 is 11.9 Å². The molecule has 1 fully saturated rings. The molecular formula is C18H37N5O. The molecule has 0 radical (unpaired) electrons. The normalized spacial score (nSPS) is 17.6. The number of nitrogens with zero attached hydrogens (tertiary/aromatic N) is 4. The molecule has 24 heavy (non-hydrogen) atoms. The molecule has 1 heterocycles. The summed E-state index contributed by atoms with van der Waals surface area (Å²) in [5, 5.41) is 3.42. The quantitative estimate of drug-likeness (QED) is 0.564. The van der Waals surface area contributed by atoms with Crippen LogP contribution in [0.2, 0.25) is 0 Å². The van der Waals surface area contributed by atoms with Gasteiger partial charge in [0.05, 0.1) is 6.54 Å². The van der Waals surface area contributed by atoms with Crippen LogP contribution in [0, 0.1) is 5.92 Å². The standard InChI is InChI=1S/C18H37N5O/c1-7-16(8-2)17(21(5)6)14-20-18(19-9-3)23-12-10-22(11-13-23)15(4)24/h16-17H,7-14H2,1-6H3,(H,19,20). The van der Waals surface area contributed by atoms with Crippen LogP contribution in [0.4, 0.5) is 0 Å². The van der Waals surface area contributed by atoms with E-state index in [4.69, 9.17) is 4.99 Å². The summed E-state index contributed by atoms with van der Waals surface area (Å²) in [6, 6.07) is 0.465. The Balaban J connectivity index is 2.75. The maximum Gasteiger partial charge on any atom is 0.219 e. The molecule has 1 amide bonds. The van der Waals surface area contributed by atoms with Gasteiger partial charge in [-0.1, -0.05) is 26.7 Å². The summed E-state index contributed by atoms with van der Waals surface area (Å²) in [7, 11) is 4.30. The van der Waals surface area contributed by atoms with Crippen molar-refractivity contribution in [3.8, 4) is 0 Å². The van der Waals surface area contributed by atoms with Gasteiger partial charge >= 0.3 is 0 Å². The number of guanidine groups is 1. The van der Waals surface area contributed by atoms with Gasteiger partial charge in [0.15, 0.2) is 5.96 Å². The minimum atomic E-state index is 0.165. The molecule has 1 rings (SSSR count). The van der Waals surface area contributed by atoms with E-state index in [0.29, 0.717) is 12.0 Å². The van der Waals surface area contributed by atoms with E-state index in [1.807, 2.05) is 4.90 Å². The Bertz CT molecular complexity index is 398. The summed E-state index contributed by atoms with van der Waals surface area (Å²) in [6.45, 7) is 13.2. The predicted octanol–water partition coefficient (Wildman–Crippen LogP) is 1.48. The molecule has 1 atom stereocenters. The van der Waals surface area contributed by atoms with E-state index < -0.39 is 0 Å². The van der Waals surface area contributed by atoms with Gasteiger partial charge in [-0.05, 0) is 26.9 Å². The number of carbonyl (C=O) groups is 1. The Morgan fingerprint density at radius 1 is 1.08 bits per heavy atom. The number of hydrogen-bond donors (Lipinski definition) is 1. The number of piperazine rings is 1. The first kappa shape index (κ1) is 20.7. The summed E-state index contributed by atoms with van der Waals surface area (Å²) < 4.78 is 0. The molecule has 0 aromatic heterocycles. The van der Waals surface area contributed by atoms with Crippen LogP contribution in [0.5, 0.6) is 0 Å². The second-order valence-corrected chi connectivity index (χ2v) is 6.80. The fourth-order valence-electron chi connectivity index (χ4n) is 3.41. The van der Waals surface area contributed by atoms with Gasteiger partial charge in [0.25, 0.3) is 0 Å². The Hall–Kier alpha value is -1.30. The fourth-order valence-corrected chi connectivity index (χ4v) is 3.41. The molecule has 1 unspecified atom stereocenters. The third-order valence-corrected chi connectivity index (χ3v) is 5.04. The topological polar surface area (TPSA) is 51.2 Å². The van der Waals surface area contributed by atoms with Gasteiger partial charge in [-0.25, -0.2) is 0 Å². The minimum Gasteiger partial charge on any atom is -0.357 e. The van der Waals surface area contributed by atoms with Crippen molar-refractivity contribution in [3.05, 3.63) is 0 Å². The summed E-state index contributed by atoms with van der Waals surface area (Å²) >= 11 is 0. The summed E-state index contributed by atoms with van der Waals surface area (Å²) in [6.07, 6.45) is 2.37. The van der Waals surface area contributed by atoms with E-state index in [1.54, 1.807) is 6.92 Å². The molecule has 6 heteroatoms. The van der Waals surface area contributed by atoms with E-state index in [2.05, 4.69) is 50.0 Å². The molecule has 0 bridgehead atoms. The van der Waals surface area contributed by atoms with Gasteiger partial charge in [-0.3, -0.25) is 9.79 Å². The lowest BCUT2D eigenvalue weighted by Crippen LogP contribution is -2.53. The number of aliphatic imine (C=N–C) groups is 1. The molecule has 6 nitrogen and oxygen atoms in total. The van der Waals surface area contributed by atoms with E-state index >= 15 is 0 Å². The van der Waals surface area contributed by atoms with Gasteiger partial charge < -0.3 is 20.0 Å². The van der Waals surface area contributed by atoms with E-state index in [9.17, 15) is 4.79 Å². The molecule has 1 N–H and O–H groups in total. The van der Waals surface area contributed by atoms with Crippen LogP contribution in [0.25, 0.3) is 0 Å². The second-order valence-electron chi connectivity index (χ2n) is 6.80. The zero-order valence-electron chi connectivity index (χ0n) is 16.5. The Morgan fingerprint density at radius 2 is 1.62 bits per heavy atom. The predicted molar refractivity (Wildman–Crippen MR) is 101 cm³/mol. The van der Waals surface area contributed by atoms with Crippen molar-refractivity contribution in [1.29, 1.82) is 0 Å². The number of likely N-dealkylation sites (N-methyl/N-ethyl adjacent to an activating group) is 1. The van der Waals surface area contributed by atoms with E-state index in [1.165, 1.54) is 12.8 Å². The van der Waals surface area contributed by atoms with Crippen molar-refractivity contribution in [3.63, 3.8) is 0 Å². The third-order valence-electron chi connectivity index (χ3n) is 5.04. The molecule has 1 saturated heterocycles. The first-order valence-corrected chi connectivity index (χ1v) is 9.39. The Morgan fingerprint density at radius 3 is 2.04 bits per heavy atom. The molecule has 1 aliphatic heterocycles. The van der Waals surface area contributed by atoms with Crippen LogP contribution in [-0.2, 0) is 4.79 Å². The first-order valence-electron chi connectivity index (χ1n) is 9.39. The maximum atomic E-state index is 11.5. The highest BCUT2D eigenvalue weighted by atomic mass is 16.2. The van der Waals surface area contributed by atoms with Crippen LogP contribution in [0.3, 0.4) is 0 Å². The molecule has 1 aliphatic rings. The molecule has 0 spiro atoms. The highest BCUT2D eigenvalue weighted by Crippen LogP contribution is 2.17. The first-order chi connectivity index (χ1) is 11.4. The van der Waals surface area contributed by atoms with Gasteiger partial charge in [0, 0.05) is 45.7 Å². The van der Waals surface area contributed by atoms with Crippen molar-refractivity contribution in [2.45, 2.75) is 46.6 Å². The Labute approximate surface area is 148 Å². The molecule has 0 aromatic carbocycles. The monoisotopic (exact) mass is 339 g/mol. The largest absolute Gasteiger partial charge is 0.357 e. The molecule has 0 aliphatic carbocycles. The van der Waals surface area contributed by atoms with Crippen molar-refractivity contribution < 1.29 is 4.79 Å². The average molecular weight is 340 g/mol. The van der Waals surface area contributed by atoms with Crippen LogP contribution >= 0.6 is 0 Å².